The van der Waals surface area contributed by atoms with Crippen molar-refractivity contribution in [2.75, 3.05) is 29.9 Å². The summed E-state index contributed by atoms with van der Waals surface area (Å²) in [6.45, 7) is 4.10. The Morgan fingerprint density at radius 1 is 1.28 bits per heavy atom. The van der Waals surface area contributed by atoms with Gasteiger partial charge in [-0.3, -0.25) is 5.32 Å². The topological polar surface area (TPSA) is 136 Å². The fourth-order valence-corrected chi connectivity index (χ4v) is 3.90. The lowest BCUT2D eigenvalue weighted by Crippen LogP contribution is -2.35. The highest BCUT2D eigenvalue weighted by molar-refractivity contribution is 5.88. The van der Waals surface area contributed by atoms with Crippen LogP contribution in [0.4, 0.5) is 16.3 Å². The molecule has 10 heteroatoms. The van der Waals surface area contributed by atoms with E-state index in [4.69, 9.17) is 0 Å². The number of anilines is 2. The first-order valence-electron chi connectivity index (χ1n) is 10.7. The van der Waals surface area contributed by atoms with Crippen LogP contribution in [0.15, 0.2) is 36.9 Å². The van der Waals surface area contributed by atoms with E-state index in [0.29, 0.717) is 35.5 Å². The van der Waals surface area contributed by atoms with Crippen molar-refractivity contribution in [3.63, 3.8) is 0 Å². The second kappa shape index (κ2) is 9.87. The van der Waals surface area contributed by atoms with Gasteiger partial charge in [-0.15, -0.1) is 0 Å². The Morgan fingerprint density at radius 2 is 2.12 bits per heavy atom. The minimum absolute atomic E-state index is 0.273. The van der Waals surface area contributed by atoms with E-state index in [1.54, 1.807) is 12.4 Å². The van der Waals surface area contributed by atoms with Gasteiger partial charge in [0.2, 0.25) is 0 Å². The van der Waals surface area contributed by atoms with Crippen LogP contribution in [0.2, 0.25) is 0 Å². The summed E-state index contributed by atoms with van der Waals surface area (Å²) in [6.07, 6.45) is 7.66. The molecule has 10 nitrogen and oxygen atoms in total. The number of carbonyl (C=O) groups excluding carboxylic acids is 1. The highest BCUT2D eigenvalue weighted by Crippen LogP contribution is 2.28. The second-order valence-electron chi connectivity index (χ2n) is 7.63. The normalized spacial score (nSPS) is 14.1. The van der Waals surface area contributed by atoms with E-state index in [1.165, 1.54) is 6.33 Å². The van der Waals surface area contributed by atoms with E-state index in [-0.39, 0.29) is 6.03 Å². The van der Waals surface area contributed by atoms with Crippen molar-refractivity contribution in [2.24, 2.45) is 5.92 Å². The molecule has 1 aliphatic heterocycles. The number of aromatic nitrogens is 5. The number of carbonyl (C=O) groups is 1. The number of amides is 2. The molecule has 0 unspecified atom stereocenters. The maximum absolute atomic E-state index is 11.7. The SMILES string of the molecule is CCNC(=O)Nc1cc(CC2CCN(c3ccc(-c4ncc[nH]4)nc3C#N)CC2)ncn1. The van der Waals surface area contributed by atoms with Crippen LogP contribution in [0.1, 0.15) is 31.2 Å². The fourth-order valence-electron chi connectivity index (χ4n) is 3.90. The monoisotopic (exact) mass is 431 g/mol. The van der Waals surface area contributed by atoms with Crippen LogP contribution in [0.3, 0.4) is 0 Å². The van der Waals surface area contributed by atoms with E-state index in [2.05, 4.69) is 46.5 Å². The summed E-state index contributed by atoms with van der Waals surface area (Å²) in [4.78, 5) is 34.1. The smallest absolute Gasteiger partial charge is 0.320 e. The standard InChI is InChI=1S/C22H25N9O/c1-2-24-22(32)30-20-12-16(27-14-28-20)11-15-5-9-31(10-6-15)19-4-3-17(29-18(19)13-23)21-25-7-8-26-21/h3-4,7-8,12,14-15H,2,5-6,9-11H2,1H3,(H,25,26)(H2,24,27,28,30,32). The van der Waals surface area contributed by atoms with Gasteiger partial charge in [-0.25, -0.2) is 24.7 Å². The van der Waals surface area contributed by atoms with Gasteiger partial charge in [-0.1, -0.05) is 0 Å². The maximum atomic E-state index is 11.7. The molecule has 0 radical (unpaired) electrons. The minimum Gasteiger partial charge on any atom is -0.369 e. The van der Waals surface area contributed by atoms with Crippen molar-refractivity contribution in [3.8, 4) is 17.6 Å². The number of nitriles is 1. The molecular weight excluding hydrogens is 406 g/mol. The molecule has 4 rings (SSSR count). The quantitative estimate of drug-likeness (QED) is 0.546. The first kappa shape index (κ1) is 21.2. The third kappa shape index (κ3) is 5.00. The molecule has 0 bridgehead atoms. The molecule has 3 aromatic heterocycles. The highest BCUT2D eigenvalue weighted by atomic mass is 16.2. The maximum Gasteiger partial charge on any atom is 0.320 e. The van der Waals surface area contributed by atoms with Crippen molar-refractivity contribution in [1.82, 2.24) is 30.2 Å². The number of nitrogens with one attached hydrogen (secondary N) is 3. The van der Waals surface area contributed by atoms with Crippen LogP contribution in [-0.2, 0) is 6.42 Å². The zero-order valence-corrected chi connectivity index (χ0v) is 17.9. The molecule has 0 aliphatic carbocycles. The molecule has 0 aromatic carbocycles. The Bertz CT molecular complexity index is 1100. The van der Waals surface area contributed by atoms with Crippen LogP contribution in [-0.4, -0.2) is 50.6 Å². The molecule has 3 aromatic rings. The van der Waals surface area contributed by atoms with Crippen LogP contribution in [0.25, 0.3) is 11.5 Å². The summed E-state index contributed by atoms with van der Waals surface area (Å²) >= 11 is 0. The van der Waals surface area contributed by atoms with E-state index < -0.39 is 0 Å². The van der Waals surface area contributed by atoms with Gasteiger partial charge >= 0.3 is 6.03 Å². The summed E-state index contributed by atoms with van der Waals surface area (Å²) in [6, 6.07) is 7.63. The minimum atomic E-state index is -0.273. The predicted octanol–water partition coefficient (Wildman–Crippen LogP) is 2.73. The van der Waals surface area contributed by atoms with Crippen molar-refractivity contribution in [3.05, 3.63) is 48.3 Å². The van der Waals surface area contributed by atoms with Crippen molar-refractivity contribution in [2.45, 2.75) is 26.2 Å². The molecule has 3 N–H and O–H groups in total. The Morgan fingerprint density at radius 3 is 2.84 bits per heavy atom. The summed E-state index contributed by atoms with van der Waals surface area (Å²) in [5, 5.41) is 15.0. The predicted molar refractivity (Wildman–Crippen MR) is 120 cm³/mol. The van der Waals surface area contributed by atoms with Gasteiger partial charge < -0.3 is 15.2 Å². The molecule has 32 heavy (non-hydrogen) atoms. The third-order valence-electron chi connectivity index (χ3n) is 5.48. The summed E-state index contributed by atoms with van der Waals surface area (Å²) in [7, 11) is 0. The molecule has 0 spiro atoms. The summed E-state index contributed by atoms with van der Waals surface area (Å²) in [5.74, 6) is 1.62. The lowest BCUT2D eigenvalue weighted by Gasteiger charge is -2.33. The number of hydrogen-bond acceptors (Lipinski definition) is 7. The molecule has 2 amide bonds. The van der Waals surface area contributed by atoms with E-state index in [0.717, 1.165) is 43.7 Å². The molecule has 0 atom stereocenters. The van der Waals surface area contributed by atoms with Crippen molar-refractivity contribution < 1.29 is 4.79 Å². The van der Waals surface area contributed by atoms with Gasteiger partial charge in [0.05, 0.1) is 5.69 Å². The average molecular weight is 432 g/mol. The molecule has 0 saturated carbocycles. The molecule has 1 aliphatic rings. The van der Waals surface area contributed by atoms with Gasteiger partial charge in [0.15, 0.2) is 11.5 Å². The van der Waals surface area contributed by atoms with Gasteiger partial charge in [0, 0.05) is 43.8 Å². The van der Waals surface area contributed by atoms with Crippen LogP contribution in [0.5, 0.6) is 0 Å². The third-order valence-corrected chi connectivity index (χ3v) is 5.48. The number of piperidine rings is 1. The number of nitrogens with zero attached hydrogens (tertiary/aromatic N) is 6. The van der Waals surface area contributed by atoms with E-state index in [9.17, 15) is 10.1 Å². The zero-order chi connectivity index (χ0) is 22.3. The molecular formula is C22H25N9O. The number of aromatic amines is 1. The number of urea groups is 1. The van der Waals surface area contributed by atoms with Crippen LogP contribution < -0.4 is 15.5 Å². The molecule has 164 valence electrons. The van der Waals surface area contributed by atoms with Gasteiger partial charge in [-0.05, 0) is 44.2 Å². The summed E-state index contributed by atoms with van der Waals surface area (Å²) < 4.78 is 0. The van der Waals surface area contributed by atoms with E-state index in [1.807, 2.05) is 25.1 Å². The molecule has 1 saturated heterocycles. The average Bonchev–Trinajstić information content (AvgIpc) is 3.35. The number of pyridine rings is 1. The summed E-state index contributed by atoms with van der Waals surface area (Å²) in [5.41, 5.74) is 2.84. The van der Waals surface area contributed by atoms with Gasteiger partial charge in [0.1, 0.15) is 23.9 Å². The number of imidazole rings is 1. The lowest BCUT2D eigenvalue weighted by atomic mass is 9.91. The largest absolute Gasteiger partial charge is 0.369 e. The Kier molecular flexibility index (Phi) is 6.55. The fraction of sp³-hybridized carbons (Fsp3) is 0.364. The zero-order valence-electron chi connectivity index (χ0n) is 17.9. The van der Waals surface area contributed by atoms with E-state index >= 15 is 0 Å². The van der Waals surface area contributed by atoms with Crippen LogP contribution >= 0.6 is 0 Å². The number of hydrogen-bond donors (Lipinski definition) is 3. The van der Waals surface area contributed by atoms with Crippen LogP contribution in [0, 0.1) is 17.2 Å². The second-order valence-corrected chi connectivity index (χ2v) is 7.63. The van der Waals surface area contributed by atoms with Gasteiger partial charge in [-0.2, -0.15) is 5.26 Å². The first-order valence-corrected chi connectivity index (χ1v) is 10.7. The molecule has 4 heterocycles. The Labute approximate surface area is 186 Å². The van der Waals surface area contributed by atoms with Crippen molar-refractivity contribution >= 4 is 17.5 Å². The van der Waals surface area contributed by atoms with Crippen molar-refractivity contribution in [1.29, 1.82) is 5.26 Å². The Balaban J connectivity index is 1.37. The molecule has 1 fully saturated rings. The highest BCUT2D eigenvalue weighted by Gasteiger charge is 2.23. The van der Waals surface area contributed by atoms with Gasteiger partial charge in [0.25, 0.3) is 0 Å². The number of rotatable bonds is 6. The first-order chi connectivity index (χ1) is 15.7. The Hall–Kier alpha value is -4.00. The number of H-pyrrole nitrogens is 1. The lowest BCUT2D eigenvalue weighted by molar-refractivity contribution is 0.252.